The van der Waals surface area contributed by atoms with Gasteiger partial charge in [0.05, 0.1) is 0 Å². The first-order valence-electron chi connectivity index (χ1n) is 6.30. The van der Waals surface area contributed by atoms with Gasteiger partial charge < -0.3 is 10.8 Å². The maximum absolute atomic E-state index is 10.4. The van der Waals surface area contributed by atoms with Crippen LogP contribution < -0.4 is 5.73 Å². The summed E-state index contributed by atoms with van der Waals surface area (Å²) in [4.78, 5) is 2.30. The molecule has 0 aliphatic carbocycles. The Bertz CT molecular complexity index is 566. The fourth-order valence-electron chi connectivity index (χ4n) is 2.95. The van der Waals surface area contributed by atoms with Crippen LogP contribution in [0.2, 0.25) is 0 Å². The Hall–Kier alpha value is -1.10. The largest absolute Gasteiger partial charge is 0.507 e. The molecule has 1 aromatic carbocycles. The molecule has 2 aromatic rings. The van der Waals surface area contributed by atoms with Gasteiger partial charge >= 0.3 is 0 Å². The summed E-state index contributed by atoms with van der Waals surface area (Å²) in [5.41, 5.74) is 6.80. The van der Waals surface area contributed by atoms with Gasteiger partial charge in [0, 0.05) is 28.2 Å². The first-order chi connectivity index (χ1) is 8.70. The van der Waals surface area contributed by atoms with Gasteiger partial charge in [-0.25, -0.2) is 0 Å². The van der Waals surface area contributed by atoms with Gasteiger partial charge in [-0.05, 0) is 43.4 Å². The minimum atomic E-state index is 0.294. The average Bonchev–Trinajstić information content (AvgIpc) is 2.96. The topological polar surface area (TPSA) is 49.5 Å². The Kier molecular flexibility index (Phi) is 3.01. The molecule has 3 nitrogen and oxygen atoms in total. The standard InChI is InChI=1S/C14H18N2OS/c1-16-8-9(7-15)6-12(16)10-2-3-13-11(14(10)17)4-5-18-13/h2-5,9,12,17H,6-8,15H2,1H3. The number of likely N-dealkylation sites (tertiary alicyclic amines) is 1. The maximum atomic E-state index is 10.4. The number of nitrogens with zero attached hydrogens (tertiary/aromatic N) is 1. The highest BCUT2D eigenvalue weighted by Gasteiger charge is 2.31. The molecular weight excluding hydrogens is 244 g/mol. The molecule has 4 heteroatoms. The van der Waals surface area contributed by atoms with Crippen molar-refractivity contribution < 1.29 is 5.11 Å². The van der Waals surface area contributed by atoms with Crippen molar-refractivity contribution in [3.8, 4) is 5.75 Å². The lowest BCUT2D eigenvalue weighted by Gasteiger charge is -2.20. The Morgan fingerprint density at radius 2 is 2.28 bits per heavy atom. The summed E-state index contributed by atoms with van der Waals surface area (Å²) < 4.78 is 1.15. The van der Waals surface area contributed by atoms with E-state index in [9.17, 15) is 5.11 Å². The molecule has 1 saturated heterocycles. The van der Waals surface area contributed by atoms with Gasteiger partial charge in [-0.2, -0.15) is 0 Å². The first-order valence-corrected chi connectivity index (χ1v) is 7.18. The number of benzene rings is 1. The predicted molar refractivity (Wildman–Crippen MR) is 76.0 cm³/mol. The van der Waals surface area contributed by atoms with Gasteiger partial charge in [-0.1, -0.05) is 6.07 Å². The van der Waals surface area contributed by atoms with Crippen molar-refractivity contribution in [3.05, 3.63) is 29.1 Å². The highest BCUT2D eigenvalue weighted by molar-refractivity contribution is 7.17. The summed E-state index contributed by atoms with van der Waals surface area (Å²) in [7, 11) is 2.11. The number of thiophene rings is 1. The molecule has 2 heterocycles. The molecule has 1 aliphatic heterocycles. The third-order valence-electron chi connectivity index (χ3n) is 3.97. The highest BCUT2D eigenvalue weighted by Crippen LogP contribution is 2.41. The van der Waals surface area contributed by atoms with Crippen LogP contribution in [0, 0.1) is 5.92 Å². The van der Waals surface area contributed by atoms with Crippen molar-refractivity contribution in [2.24, 2.45) is 11.7 Å². The molecule has 0 bridgehead atoms. The van der Waals surface area contributed by atoms with E-state index < -0.39 is 0 Å². The van der Waals surface area contributed by atoms with Crippen LogP contribution in [0.25, 0.3) is 10.1 Å². The molecule has 0 radical (unpaired) electrons. The minimum Gasteiger partial charge on any atom is -0.507 e. The summed E-state index contributed by atoms with van der Waals surface area (Å²) in [6, 6.07) is 6.46. The van der Waals surface area contributed by atoms with E-state index in [1.807, 2.05) is 11.4 Å². The lowest BCUT2D eigenvalue weighted by Crippen LogP contribution is -2.20. The van der Waals surface area contributed by atoms with Crippen LogP contribution in [-0.2, 0) is 0 Å². The number of hydrogen-bond acceptors (Lipinski definition) is 4. The van der Waals surface area contributed by atoms with E-state index in [1.54, 1.807) is 11.3 Å². The molecule has 2 atom stereocenters. The smallest absolute Gasteiger partial charge is 0.129 e. The second-order valence-electron chi connectivity index (χ2n) is 5.13. The molecule has 0 amide bonds. The van der Waals surface area contributed by atoms with Gasteiger partial charge in [0.15, 0.2) is 0 Å². The second kappa shape index (κ2) is 4.53. The van der Waals surface area contributed by atoms with E-state index >= 15 is 0 Å². The molecule has 0 saturated carbocycles. The van der Waals surface area contributed by atoms with Crippen LogP contribution in [0.15, 0.2) is 23.6 Å². The number of phenols is 1. The molecule has 2 unspecified atom stereocenters. The Morgan fingerprint density at radius 3 is 3.00 bits per heavy atom. The van der Waals surface area contributed by atoms with E-state index in [2.05, 4.69) is 24.1 Å². The van der Waals surface area contributed by atoms with Crippen molar-refractivity contribution >= 4 is 21.4 Å². The molecular formula is C14H18N2OS. The lowest BCUT2D eigenvalue weighted by molar-refractivity contribution is 0.306. The third kappa shape index (κ3) is 1.81. The lowest BCUT2D eigenvalue weighted by atomic mass is 9.98. The molecule has 1 aromatic heterocycles. The van der Waals surface area contributed by atoms with E-state index in [0.717, 1.165) is 35.2 Å². The van der Waals surface area contributed by atoms with Crippen molar-refractivity contribution in [1.29, 1.82) is 0 Å². The zero-order valence-electron chi connectivity index (χ0n) is 10.5. The quantitative estimate of drug-likeness (QED) is 0.874. The maximum Gasteiger partial charge on any atom is 0.129 e. The summed E-state index contributed by atoms with van der Waals surface area (Å²) in [6.45, 7) is 1.74. The van der Waals surface area contributed by atoms with E-state index in [0.29, 0.717) is 17.7 Å². The highest BCUT2D eigenvalue weighted by atomic mass is 32.1. The fourth-order valence-corrected chi connectivity index (χ4v) is 3.74. The van der Waals surface area contributed by atoms with Gasteiger partial charge in [0.2, 0.25) is 0 Å². The molecule has 1 fully saturated rings. The number of hydrogen-bond donors (Lipinski definition) is 2. The Balaban J connectivity index is 2.01. The predicted octanol–water partition coefficient (Wildman–Crippen LogP) is 2.56. The molecule has 3 rings (SSSR count). The van der Waals surface area contributed by atoms with Crippen molar-refractivity contribution in [1.82, 2.24) is 4.90 Å². The summed E-state index contributed by atoms with van der Waals surface area (Å²) in [5, 5.41) is 13.4. The summed E-state index contributed by atoms with van der Waals surface area (Å²) in [6.07, 6.45) is 1.04. The van der Waals surface area contributed by atoms with E-state index in [1.165, 1.54) is 0 Å². The van der Waals surface area contributed by atoms with Crippen LogP contribution in [0.1, 0.15) is 18.0 Å². The van der Waals surface area contributed by atoms with Crippen LogP contribution in [0.4, 0.5) is 0 Å². The van der Waals surface area contributed by atoms with Gasteiger partial charge in [0.1, 0.15) is 5.75 Å². The number of aromatic hydroxyl groups is 1. The zero-order valence-corrected chi connectivity index (χ0v) is 11.3. The van der Waals surface area contributed by atoms with Crippen molar-refractivity contribution in [2.75, 3.05) is 20.1 Å². The van der Waals surface area contributed by atoms with E-state index in [4.69, 9.17) is 5.73 Å². The Morgan fingerprint density at radius 1 is 1.44 bits per heavy atom. The molecule has 3 N–H and O–H groups in total. The second-order valence-corrected chi connectivity index (χ2v) is 6.08. The Labute approximate surface area is 111 Å². The van der Waals surface area contributed by atoms with Gasteiger partial charge in [-0.3, -0.25) is 4.90 Å². The molecule has 96 valence electrons. The van der Waals surface area contributed by atoms with Crippen LogP contribution in [0.5, 0.6) is 5.75 Å². The van der Waals surface area contributed by atoms with Crippen LogP contribution in [0.3, 0.4) is 0 Å². The minimum absolute atomic E-state index is 0.294. The summed E-state index contributed by atoms with van der Waals surface area (Å²) >= 11 is 1.66. The number of nitrogens with two attached hydrogens (primary N) is 1. The fraction of sp³-hybridized carbons (Fsp3) is 0.429. The SMILES string of the molecule is CN1CC(CN)CC1c1ccc2sccc2c1O. The summed E-state index contributed by atoms with van der Waals surface area (Å²) in [5.74, 6) is 0.987. The molecule has 1 aliphatic rings. The number of rotatable bonds is 2. The number of phenolic OH excluding ortho intramolecular Hbond substituents is 1. The zero-order chi connectivity index (χ0) is 12.7. The van der Waals surface area contributed by atoms with Crippen LogP contribution in [-0.4, -0.2) is 30.1 Å². The normalized spacial score (nSPS) is 25.0. The monoisotopic (exact) mass is 262 g/mol. The van der Waals surface area contributed by atoms with E-state index in [-0.39, 0.29) is 0 Å². The third-order valence-corrected chi connectivity index (χ3v) is 4.85. The van der Waals surface area contributed by atoms with Gasteiger partial charge in [-0.15, -0.1) is 11.3 Å². The number of fused-ring (bicyclic) bond motifs is 1. The van der Waals surface area contributed by atoms with Crippen molar-refractivity contribution in [3.63, 3.8) is 0 Å². The van der Waals surface area contributed by atoms with Crippen LogP contribution >= 0.6 is 11.3 Å². The average molecular weight is 262 g/mol. The molecule has 18 heavy (non-hydrogen) atoms. The first kappa shape index (κ1) is 12.0. The van der Waals surface area contributed by atoms with Gasteiger partial charge in [0.25, 0.3) is 0 Å². The van der Waals surface area contributed by atoms with Crippen molar-refractivity contribution in [2.45, 2.75) is 12.5 Å². The molecule has 0 spiro atoms.